The van der Waals surface area contributed by atoms with Crippen LogP contribution in [-0.2, 0) is 4.79 Å². The molecule has 0 aromatic carbocycles. The van der Waals surface area contributed by atoms with E-state index < -0.39 is 0 Å². The molecule has 1 fully saturated rings. The number of nitrogens with zero attached hydrogens (tertiary/aromatic N) is 1. The van der Waals surface area contributed by atoms with E-state index in [1.165, 1.54) is 4.88 Å². The van der Waals surface area contributed by atoms with Crippen LogP contribution in [0.25, 0.3) is 0 Å². The summed E-state index contributed by atoms with van der Waals surface area (Å²) in [4.78, 5) is 15.5. The molecule has 1 amide bonds. The van der Waals surface area contributed by atoms with Crippen LogP contribution < -0.4 is 5.32 Å². The molecule has 0 saturated carbocycles. The van der Waals surface area contributed by atoms with E-state index in [0.717, 1.165) is 25.9 Å². The molecule has 1 aromatic heterocycles. The molecule has 3 nitrogen and oxygen atoms in total. The van der Waals surface area contributed by atoms with Gasteiger partial charge in [-0.1, -0.05) is 12.1 Å². The number of carbonyl (C=O) groups excluding carboxylic acids is 1. The van der Waals surface area contributed by atoms with Crippen molar-refractivity contribution in [1.29, 1.82) is 0 Å². The van der Waals surface area contributed by atoms with Gasteiger partial charge in [0.05, 0.1) is 6.04 Å². The minimum atomic E-state index is 0.208. The Kier molecular flexibility index (Phi) is 5.16. The summed E-state index contributed by atoms with van der Waals surface area (Å²) < 4.78 is 0. The first-order valence-corrected chi connectivity index (χ1v) is 7.78. The Balaban J connectivity index is 1.95. The Labute approximate surface area is 119 Å². The van der Waals surface area contributed by atoms with Crippen LogP contribution in [0.5, 0.6) is 0 Å². The van der Waals surface area contributed by atoms with E-state index in [9.17, 15) is 4.79 Å². The first kappa shape index (κ1) is 14.3. The molecule has 104 valence electrons. The summed E-state index contributed by atoms with van der Waals surface area (Å²) in [5.41, 5.74) is 0. The van der Waals surface area contributed by atoms with Gasteiger partial charge in [0, 0.05) is 23.9 Å². The van der Waals surface area contributed by atoms with Crippen molar-refractivity contribution in [3.8, 4) is 0 Å². The first-order valence-electron chi connectivity index (χ1n) is 6.90. The zero-order valence-corrected chi connectivity index (χ0v) is 12.3. The monoisotopic (exact) mass is 278 g/mol. The largest absolute Gasteiger partial charge is 0.332 e. The van der Waals surface area contributed by atoms with Gasteiger partial charge in [0.15, 0.2) is 0 Å². The van der Waals surface area contributed by atoms with Gasteiger partial charge in [-0.05, 0) is 37.8 Å². The van der Waals surface area contributed by atoms with E-state index in [-0.39, 0.29) is 6.04 Å². The van der Waals surface area contributed by atoms with Crippen LogP contribution in [0.3, 0.4) is 0 Å². The SMILES string of the molecule is C=CCNCC[C@H]1CCC(=O)N1[C@H](C)c1cccs1. The van der Waals surface area contributed by atoms with Crippen molar-refractivity contribution >= 4 is 17.2 Å². The molecule has 1 N–H and O–H groups in total. The molecular weight excluding hydrogens is 256 g/mol. The predicted octanol–water partition coefficient (Wildman–Crippen LogP) is 2.97. The summed E-state index contributed by atoms with van der Waals surface area (Å²) >= 11 is 1.73. The van der Waals surface area contributed by atoms with Crippen molar-refractivity contribution in [2.45, 2.75) is 38.3 Å². The van der Waals surface area contributed by atoms with Crippen LogP contribution in [-0.4, -0.2) is 29.9 Å². The van der Waals surface area contributed by atoms with E-state index in [1.54, 1.807) is 11.3 Å². The van der Waals surface area contributed by atoms with E-state index in [0.29, 0.717) is 18.4 Å². The van der Waals surface area contributed by atoms with Gasteiger partial charge in [-0.2, -0.15) is 0 Å². The second-order valence-corrected chi connectivity index (χ2v) is 5.95. The highest BCUT2D eigenvalue weighted by Crippen LogP contribution is 2.33. The lowest BCUT2D eigenvalue weighted by Crippen LogP contribution is -2.37. The van der Waals surface area contributed by atoms with Gasteiger partial charge < -0.3 is 10.2 Å². The molecule has 0 aliphatic carbocycles. The van der Waals surface area contributed by atoms with Gasteiger partial charge >= 0.3 is 0 Å². The van der Waals surface area contributed by atoms with Crippen molar-refractivity contribution in [2.24, 2.45) is 0 Å². The van der Waals surface area contributed by atoms with Crippen molar-refractivity contribution in [3.63, 3.8) is 0 Å². The standard InChI is InChI=1S/C15H22N2OS/c1-3-9-16-10-8-13-6-7-15(18)17(13)12(2)14-5-4-11-19-14/h3-5,11-13,16H,1,6-10H2,2H3/t12-,13-/m1/s1. The Morgan fingerprint density at radius 1 is 1.68 bits per heavy atom. The van der Waals surface area contributed by atoms with Gasteiger partial charge in [-0.3, -0.25) is 4.79 Å². The number of hydrogen-bond acceptors (Lipinski definition) is 3. The topological polar surface area (TPSA) is 32.3 Å². The van der Waals surface area contributed by atoms with Gasteiger partial charge in [-0.15, -0.1) is 17.9 Å². The molecule has 2 atom stereocenters. The normalized spacial score (nSPS) is 20.8. The van der Waals surface area contributed by atoms with E-state index in [4.69, 9.17) is 0 Å². The number of rotatable bonds is 7. The third-order valence-corrected chi connectivity index (χ3v) is 4.73. The molecule has 1 aliphatic rings. The fourth-order valence-electron chi connectivity index (χ4n) is 2.72. The maximum absolute atomic E-state index is 12.1. The van der Waals surface area contributed by atoms with Gasteiger partial charge in [0.2, 0.25) is 5.91 Å². The van der Waals surface area contributed by atoms with E-state index in [2.05, 4.69) is 41.2 Å². The lowest BCUT2D eigenvalue weighted by molar-refractivity contribution is -0.131. The fraction of sp³-hybridized carbons (Fsp3) is 0.533. The molecule has 1 saturated heterocycles. The zero-order valence-electron chi connectivity index (χ0n) is 11.5. The molecule has 1 aromatic rings. The predicted molar refractivity (Wildman–Crippen MR) is 80.3 cm³/mol. The number of hydrogen-bond donors (Lipinski definition) is 1. The molecule has 2 rings (SSSR count). The molecule has 4 heteroatoms. The summed E-state index contributed by atoms with van der Waals surface area (Å²) in [6.07, 6.45) is 4.58. The Bertz CT molecular complexity index is 416. The van der Waals surface area contributed by atoms with Crippen molar-refractivity contribution in [1.82, 2.24) is 10.2 Å². The number of nitrogens with one attached hydrogen (secondary N) is 1. The molecule has 2 heterocycles. The summed E-state index contributed by atoms with van der Waals surface area (Å²) in [5, 5.41) is 5.39. The average molecular weight is 278 g/mol. The Morgan fingerprint density at radius 3 is 3.21 bits per heavy atom. The zero-order chi connectivity index (χ0) is 13.7. The maximum atomic E-state index is 12.1. The first-order chi connectivity index (χ1) is 9.24. The number of thiophene rings is 1. The Morgan fingerprint density at radius 2 is 2.53 bits per heavy atom. The van der Waals surface area contributed by atoms with Crippen molar-refractivity contribution in [2.75, 3.05) is 13.1 Å². The third-order valence-electron chi connectivity index (χ3n) is 3.69. The van der Waals surface area contributed by atoms with Crippen LogP contribution in [0, 0.1) is 0 Å². The second-order valence-electron chi connectivity index (χ2n) is 4.97. The van der Waals surface area contributed by atoms with Crippen molar-refractivity contribution < 1.29 is 4.79 Å². The summed E-state index contributed by atoms with van der Waals surface area (Å²) in [7, 11) is 0. The maximum Gasteiger partial charge on any atom is 0.223 e. The highest BCUT2D eigenvalue weighted by atomic mass is 32.1. The quantitative estimate of drug-likeness (QED) is 0.614. The van der Waals surface area contributed by atoms with Crippen molar-refractivity contribution in [3.05, 3.63) is 35.0 Å². The number of amides is 1. The second kappa shape index (κ2) is 6.87. The summed E-state index contributed by atoms with van der Waals surface area (Å²) in [6.45, 7) is 7.61. The van der Waals surface area contributed by atoms with Crippen LogP contribution in [0.4, 0.5) is 0 Å². The fourth-order valence-corrected chi connectivity index (χ4v) is 3.50. The van der Waals surface area contributed by atoms with Gasteiger partial charge in [-0.25, -0.2) is 0 Å². The molecule has 0 bridgehead atoms. The average Bonchev–Trinajstić information content (AvgIpc) is 3.04. The molecular formula is C15H22N2OS. The van der Waals surface area contributed by atoms with Gasteiger partial charge in [0.1, 0.15) is 0 Å². The highest BCUT2D eigenvalue weighted by Gasteiger charge is 2.34. The molecule has 0 radical (unpaired) electrons. The number of carbonyl (C=O) groups is 1. The molecule has 1 aliphatic heterocycles. The lowest BCUT2D eigenvalue weighted by atomic mass is 10.1. The summed E-state index contributed by atoms with van der Waals surface area (Å²) in [6, 6.07) is 4.76. The van der Waals surface area contributed by atoms with Crippen LogP contribution >= 0.6 is 11.3 Å². The summed E-state index contributed by atoms with van der Waals surface area (Å²) in [5.74, 6) is 0.301. The molecule has 0 unspecified atom stereocenters. The number of likely N-dealkylation sites (tertiary alicyclic amines) is 1. The Hall–Kier alpha value is -1.13. The van der Waals surface area contributed by atoms with E-state index in [1.807, 2.05) is 6.08 Å². The molecule has 19 heavy (non-hydrogen) atoms. The molecule has 0 spiro atoms. The highest BCUT2D eigenvalue weighted by molar-refractivity contribution is 7.10. The minimum Gasteiger partial charge on any atom is -0.332 e. The smallest absolute Gasteiger partial charge is 0.223 e. The third kappa shape index (κ3) is 3.45. The van der Waals surface area contributed by atoms with E-state index >= 15 is 0 Å². The lowest BCUT2D eigenvalue weighted by Gasteiger charge is -2.30. The van der Waals surface area contributed by atoms with Gasteiger partial charge in [0.25, 0.3) is 0 Å². The van der Waals surface area contributed by atoms with Crippen LogP contribution in [0.1, 0.15) is 37.1 Å². The minimum absolute atomic E-state index is 0.208. The van der Waals surface area contributed by atoms with Crippen LogP contribution in [0.15, 0.2) is 30.2 Å². The van der Waals surface area contributed by atoms with Crippen LogP contribution in [0.2, 0.25) is 0 Å².